The van der Waals surface area contributed by atoms with Crippen LogP contribution >= 0.6 is 0 Å². The SMILES string of the molecule is CCCCc1cc2ccccc2c(OCCN(C)Cc2cc(N)cc(C3CC3)c2N)n1. The highest BCUT2D eigenvalue weighted by Gasteiger charge is 2.27. The van der Waals surface area contributed by atoms with Gasteiger partial charge in [0.05, 0.1) is 0 Å². The highest BCUT2D eigenvalue weighted by molar-refractivity contribution is 5.87. The van der Waals surface area contributed by atoms with E-state index in [0.717, 1.165) is 66.3 Å². The summed E-state index contributed by atoms with van der Waals surface area (Å²) in [7, 11) is 2.09. The number of pyridine rings is 1. The van der Waals surface area contributed by atoms with Crippen LogP contribution in [0.1, 0.15) is 55.3 Å². The van der Waals surface area contributed by atoms with Gasteiger partial charge in [0.25, 0.3) is 0 Å². The van der Waals surface area contributed by atoms with Crippen LogP contribution < -0.4 is 16.2 Å². The van der Waals surface area contributed by atoms with E-state index in [-0.39, 0.29) is 0 Å². The zero-order valence-corrected chi connectivity index (χ0v) is 18.7. The van der Waals surface area contributed by atoms with Crippen LogP contribution in [0.2, 0.25) is 0 Å². The molecule has 1 aliphatic rings. The summed E-state index contributed by atoms with van der Waals surface area (Å²) in [6.07, 6.45) is 5.71. The third-order valence-electron chi connectivity index (χ3n) is 6.03. The van der Waals surface area contributed by atoms with E-state index < -0.39 is 0 Å². The average Bonchev–Trinajstić information content (AvgIpc) is 3.60. The number of nitrogens with two attached hydrogens (primary N) is 2. The lowest BCUT2D eigenvalue weighted by atomic mass is 10.0. The highest BCUT2D eigenvalue weighted by atomic mass is 16.5. The number of nitrogen functional groups attached to an aromatic ring is 2. The summed E-state index contributed by atoms with van der Waals surface area (Å²) in [5.74, 6) is 1.33. The van der Waals surface area contributed by atoms with E-state index in [1.165, 1.54) is 23.8 Å². The molecule has 0 radical (unpaired) electrons. The monoisotopic (exact) mass is 418 g/mol. The molecule has 0 spiro atoms. The van der Waals surface area contributed by atoms with Crippen LogP contribution in [-0.2, 0) is 13.0 Å². The van der Waals surface area contributed by atoms with Gasteiger partial charge in [0.2, 0.25) is 5.88 Å². The summed E-state index contributed by atoms with van der Waals surface area (Å²) in [5.41, 5.74) is 17.7. The number of anilines is 2. The maximum absolute atomic E-state index is 6.46. The van der Waals surface area contributed by atoms with E-state index in [1.807, 2.05) is 18.2 Å². The van der Waals surface area contributed by atoms with Gasteiger partial charge in [-0.2, -0.15) is 0 Å². The first-order valence-electron chi connectivity index (χ1n) is 11.4. The quantitative estimate of drug-likeness (QED) is 0.446. The van der Waals surface area contributed by atoms with Gasteiger partial charge in [0, 0.05) is 35.5 Å². The number of unbranched alkanes of at least 4 members (excludes halogenated alkanes) is 1. The number of fused-ring (bicyclic) bond motifs is 1. The maximum Gasteiger partial charge on any atom is 0.221 e. The standard InChI is InChI=1S/C26H34N4O/c1-3-4-8-22-15-19-7-5-6-9-23(19)26(29-22)31-13-12-30(2)17-20-14-21(27)16-24(25(20)28)18-10-11-18/h5-7,9,14-16,18H,3-4,8,10-13,17,27-28H2,1-2H3. The first-order valence-corrected chi connectivity index (χ1v) is 11.4. The molecule has 0 saturated heterocycles. The molecule has 5 nitrogen and oxygen atoms in total. The number of likely N-dealkylation sites (N-methyl/N-ethyl adjacent to an activating group) is 1. The van der Waals surface area contributed by atoms with Crippen LogP contribution in [0.15, 0.2) is 42.5 Å². The largest absolute Gasteiger partial charge is 0.476 e. The van der Waals surface area contributed by atoms with Gasteiger partial charge in [0.1, 0.15) is 6.61 Å². The van der Waals surface area contributed by atoms with Crippen molar-refractivity contribution in [3.8, 4) is 5.88 Å². The summed E-state index contributed by atoms with van der Waals surface area (Å²) in [4.78, 5) is 7.03. The molecule has 1 aromatic heterocycles. The van der Waals surface area contributed by atoms with Gasteiger partial charge in [-0.25, -0.2) is 4.98 Å². The number of rotatable bonds is 10. The van der Waals surface area contributed by atoms with Gasteiger partial charge in [-0.05, 0) is 79.4 Å². The third-order valence-corrected chi connectivity index (χ3v) is 6.03. The zero-order chi connectivity index (χ0) is 21.8. The van der Waals surface area contributed by atoms with E-state index in [0.29, 0.717) is 12.5 Å². The van der Waals surface area contributed by atoms with Crippen molar-refractivity contribution >= 4 is 22.1 Å². The topological polar surface area (TPSA) is 77.4 Å². The summed E-state index contributed by atoms with van der Waals surface area (Å²) in [6.45, 7) is 4.31. The second-order valence-electron chi connectivity index (χ2n) is 8.79. The van der Waals surface area contributed by atoms with Crippen molar-refractivity contribution in [1.29, 1.82) is 0 Å². The lowest BCUT2D eigenvalue weighted by Gasteiger charge is -2.20. The van der Waals surface area contributed by atoms with Crippen molar-refractivity contribution in [2.24, 2.45) is 0 Å². The van der Waals surface area contributed by atoms with E-state index in [9.17, 15) is 0 Å². The molecule has 1 saturated carbocycles. The Hall–Kier alpha value is -2.79. The number of ether oxygens (including phenoxy) is 1. The fourth-order valence-electron chi connectivity index (χ4n) is 4.11. The first-order chi connectivity index (χ1) is 15.0. The van der Waals surface area contributed by atoms with E-state index in [4.69, 9.17) is 21.2 Å². The number of aromatic nitrogens is 1. The minimum absolute atomic E-state index is 0.572. The molecule has 3 aromatic rings. The van der Waals surface area contributed by atoms with Crippen molar-refractivity contribution in [1.82, 2.24) is 9.88 Å². The van der Waals surface area contributed by atoms with Crippen LogP contribution in [0.4, 0.5) is 11.4 Å². The molecule has 4 N–H and O–H groups in total. The molecule has 1 aliphatic carbocycles. The molecular formula is C26H34N4O. The maximum atomic E-state index is 6.46. The van der Waals surface area contributed by atoms with Gasteiger partial charge >= 0.3 is 0 Å². The Bertz CT molecular complexity index is 1050. The van der Waals surface area contributed by atoms with Crippen molar-refractivity contribution < 1.29 is 4.74 Å². The van der Waals surface area contributed by atoms with Crippen LogP contribution in [0, 0.1) is 0 Å². The number of hydrogen-bond acceptors (Lipinski definition) is 5. The minimum atomic E-state index is 0.572. The van der Waals surface area contributed by atoms with Crippen LogP contribution in [0.5, 0.6) is 5.88 Å². The van der Waals surface area contributed by atoms with Gasteiger partial charge in [-0.3, -0.25) is 4.90 Å². The molecule has 0 bridgehead atoms. The Labute approximate surface area is 185 Å². The molecular weight excluding hydrogens is 384 g/mol. The zero-order valence-electron chi connectivity index (χ0n) is 18.7. The van der Waals surface area contributed by atoms with Crippen molar-refractivity contribution in [3.05, 3.63) is 59.3 Å². The molecule has 0 aliphatic heterocycles. The van der Waals surface area contributed by atoms with Crippen LogP contribution in [-0.4, -0.2) is 30.1 Å². The summed E-state index contributed by atoms with van der Waals surface area (Å²) in [5, 5.41) is 2.26. The Morgan fingerprint density at radius 1 is 1.13 bits per heavy atom. The molecule has 1 heterocycles. The fourth-order valence-corrected chi connectivity index (χ4v) is 4.11. The second kappa shape index (κ2) is 9.56. The predicted molar refractivity (Wildman–Crippen MR) is 129 cm³/mol. The van der Waals surface area contributed by atoms with Gasteiger partial charge in [-0.1, -0.05) is 31.5 Å². The van der Waals surface area contributed by atoms with Gasteiger partial charge < -0.3 is 16.2 Å². The van der Waals surface area contributed by atoms with Crippen LogP contribution in [0.3, 0.4) is 0 Å². The molecule has 1 fully saturated rings. The summed E-state index contributed by atoms with van der Waals surface area (Å²) >= 11 is 0. The summed E-state index contributed by atoms with van der Waals surface area (Å²) < 4.78 is 6.17. The van der Waals surface area contributed by atoms with Crippen LogP contribution in [0.25, 0.3) is 10.8 Å². The predicted octanol–water partition coefficient (Wildman–Crippen LogP) is 5.13. The number of nitrogens with zero attached hydrogens (tertiary/aromatic N) is 2. The first kappa shape index (κ1) is 21.4. The Balaban J connectivity index is 1.41. The molecule has 5 heteroatoms. The molecule has 164 valence electrons. The van der Waals surface area contributed by atoms with E-state index in [2.05, 4.69) is 43.1 Å². The lowest BCUT2D eigenvalue weighted by molar-refractivity contribution is 0.229. The lowest BCUT2D eigenvalue weighted by Crippen LogP contribution is -2.25. The van der Waals surface area contributed by atoms with Crippen molar-refractivity contribution in [2.75, 3.05) is 31.7 Å². The van der Waals surface area contributed by atoms with Gasteiger partial charge in [-0.15, -0.1) is 0 Å². The van der Waals surface area contributed by atoms with Gasteiger partial charge in [0.15, 0.2) is 0 Å². The Morgan fingerprint density at radius 2 is 1.94 bits per heavy atom. The molecule has 0 amide bonds. The van der Waals surface area contributed by atoms with Crippen molar-refractivity contribution in [3.63, 3.8) is 0 Å². The third kappa shape index (κ3) is 5.28. The fraction of sp³-hybridized carbons (Fsp3) is 0.423. The molecule has 4 rings (SSSR count). The molecule has 0 atom stereocenters. The number of aryl methyl sites for hydroxylation is 1. The molecule has 0 unspecified atom stereocenters. The van der Waals surface area contributed by atoms with E-state index in [1.54, 1.807) is 0 Å². The molecule has 2 aromatic carbocycles. The average molecular weight is 419 g/mol. The molecule has 31 heavy (non-hydrogen) atoms. The highest BCUT2D eigenvalue weighted by Crippen LogP contribution is 2.44. The van der Waals surface area contributed by atoms with Crippen molar-refractivity contribution in [2.45, 2.75) is 51.5 Å². The smallest absolute Gasteiger partial charge is 0.221 e. The number of hydrogen-bond donors (Lipinski definition) is 2. The Morgan fingerprint density at radius 3 is 2.71 bits per heavy atom. The second-order valence-corrected chi connectivity index (χ2v) is 8.79. The number of benzene rings is 2. The minimum Gasteiger partial charge on any atom is -0.476 e. The Kier molecular flexibility index (Phi) is 6.62. The van der Waals surface area contributed by atoms with E-state index >= 15 is 0 Å². The normalized spacial score (nSPS) is 13.8. The summed E-state index contributed by atoms with van der Waals surface area (Å²) in [6, 6.07) is 14.5.